The highest BCUT2D eigenvalue weighted by atomic mass is 35.5. The molecule has 0 radical (unpaired) electrons. The Morgan fingerprint density at radius 1 is 1.48 bits per heavy atom. The van der Waals surface area contributed by atoms with Gasteiger partial charge in [-0.2, -0.15) is 5.10 Å². The summed E-state index contributed by atoms with van der Waals surface area (Å²) in [5, 5.41) is 14.3. The molecule has 1 saturated heterocycles. The van der Waals surface area contributed by atoms with Crippen LogP contribution in [0, 0.1) is 5.92 Å². The van der Waals surface area contributed by atoms with Gasteiger partial charge in [-0.3, -0.25) is 14.4 Å². The predicted octanol–water partition coefficient (Wildman–Crippen LogP) is 2.81. The highest BCUT2D eigenvalue weighted by Crippen LogP contribution is 2.26. The first kappa shape index (κ1) is 16.3. The van der Waals surface area contributed by atoms with Gasteiger partial charge in [-0.25, -0.2) is 0 Å². The molecule has 2 heterocycles. The summed E-state index contributed by atoms with van der Waals surface area (Å²) < 4.78 is 1.97. The number of carboxylic acids is 1. The molecule has 0 aromatic carbocycles. The number of likely N-dealkylation sites (tertiary alicyclic amines) is 1. The number of hydrogen-bond acceptors (Lipinski definition) is 3. The average molecular weight is 314 g/mol. The zero-order chi connectivity index (χ0) is 15.4. The zero-order valence-corrected chi connectivity index (χ0v) is 13.6. The molecule has 1 aromatic heterocycles. The van der Waals surface area contributed by atoms with Crippen LogP contribution in [0.1, 0.15) is 44.5 Å². The van der Waals surface area contributed by atoms with Crippen LogP contribution < -0.4 is 0 Å². The number of nitrogens with zero attached hydrogens (tertiary/aromatic N) is 3. The number of piperidine rings is 1. The Hall–Kier alpha value is -1.07. The topological polar surface area (TPSA) is 58.4 Å². The first-order valence-corrected chi connectivity index (χ1v) is 8.11. The van der Waals surface area contributed by atoms with Crippen molar-refractivity contribution in [1.29, 1.82) is 0 Å². The fourth-order valence-corrected chi connectivity index (χ4v) is 3.42. The summed E-state index contributed by atoms with van der Waals surface area (Å²) in [6.45, 7) is 7.52. The van der Waals surface area contributed by atoms with E-state index < -0.39 is 5.97 Å². The van der Waals surface area contributed by atoms with Crippen molar-refractivity contribution in [3.05, 3.63) is 16.4 Å². The van der Waals surface area contributed by atoms with Crippen molar-refractivity contribution in [2.45, 2.75) is 52.6 Å². The van der Waals surface area contributed by atoms with E-state index in [2.05, 4.69) is 23.8 Å². The third-order valence-corrected chi connectivity index (χ3v) is 4.57. The maximum absolute atomic E-state index is 10.9. The third-order valence-electron chi connectivity index (χ3n) is 4.13. The van der Waals surface area contributed by atoms with Gasteiger partial charge in [0.25, 0.3) is 0 Å². The fraction of sp³-hybridized carbons (Fsp3) is 0.733. The molecule has 5 nitrogen and oxygen atoms in total. The van der Waals surface area contributed by atoms with Crippen LogP contribution in [-0.4, -0.2) is 38.8 Å². The van der Waals surface area contributed by atoms with Crippen molar-refractivity contribution in [1.82, 2.24) is 14.7 Å². The van der Waals surface area contributed by atoms with Gasteiger partial charge in [0.1, 0.15) is 0 Å². The van der Waals surface area contributed by atoms with E-state index in [-0.39, 0.29) is 12.3 Å². The summed E-state index contributed by atoms with van der Waals surface area (Å²) in [5.74, 6) is -0.453. The molecule has 0 bridgehead atoms. The Bertz CT molecular complexity index is 501. The molecule has 0 amide bonds. The summed E-state index contributed by atoms with van der Waals surface area (Å²) in [7, 11) is 0. The van der Waals surface area contributed by atoms with Gasteiger partial charge in [0.2, 0.25) is 0 Å². The Kier molecular flexibility index (Phi) is 5.65. The van der Waals surface area contributed by atoms with Crippen LogP contribution in [0.5, 0.6) is 0 Å². The minimum atomic E-state index is -0.702. The van der Waals surface area contributed by atoms with Crippen molar-refractivity contribution in [2.24, 2.45) is 5.92 Å². The van der Waals surface area contributed by atoms with Gasteiger partial charge in [-0.05, 0) is 38.6 Å². The SMILES string of the molecule is CCc1nn(CC)c(CN2CCCC(CC(=O)O)C2)c1Cl. The summed E-state index contributed by atoms with van der Waals surface area (Å²) in [4.78, 5) is 13.2. The summed E-state index contributed by atoms with van der Waals surface area (Å²) in [6.07, 6.45) is 3.15. The second-order valence-electron chi connectivity index (χ2n) is 5.72. The van der Waals surface area contributed by atoms with Crippen molar-refractivity contribution in [3.8, 4) is 0 Å². The Morgan fingerprint density at radius 2 is 2.24 bits per heavy atom. The number of halogens is 1. The lowest BCUT2D eigenvalue weighted by atomic mass is 9.95. The quantitative estimate of drug-likeness (QED) is 0.877. The molecule has 1 unspecified atom stereocenters. The Labute approximate surface area is 130 Å². The Morgan fingerprint density at radius 3 is 2.86 bits per heavy atom. The van der Waals surface area contributed by atoms with Crippen LogP contribution >= 0.6 is 11.6 Å². The van der Waals surface area contributed by atoms with Gasteiger partial charge in [0.15, 0.2) is 0 Å². The number of aromatic nitrogens is 2. The molecular formula is C15H24ClN3O2. The molecule has 2 rings (SSSR count). The van der Waals surface area contributed by atoms with E-state index >= 15 is 0 Å². The average Bonchev–Trinajstić information content (AvgIpc) is 2.75. The molecule has 1 aliphatic rings. The van der Waals surface area contributed by atoms with Crippen LogP contribution in [0.4, 0.5) is 0 Å². The molecule has 1 fully saturated rings. The Balaban J connectivity index is 2.07. The molecular weight excluding hydrogens is 290 g/mol. The summed E-state index contributed by atoms with van der Waals surface area (Å²) >= 11 is 6.44. The fourth-order valence-electron chi connectivity index (χ4n) is 3.09. The lowest BCUT2D eigenvalue weighted by Crippen LogP contribution is -2.36. The normalized spacial score (nSPS) is 19.9. The molecule has 1 aliphatic heterocycles. The summed E-state index contributed by atoms with van der Waals surface area (Å²) in [5.41, 5.74) is 2.01. The minimum Gasteiger partial charge on any atom is -0.481 e. The van der Waals surface area contributed by atoms with Gasteiger partial charge < -0.3 is 5.11 Å². The maximum atomic E-state index is 10.9. The first-order valence-electron chi connectivity index (χ1n) is 7.73. The lowest BCUT2D eigenvalue weighted by Gasteiger charge is -2.32. The lowest BCUT2D eigenvalue weighted by molar-refractivity contribution is -0.138. The molecule has 1 N–H and O–H groups in total. The van der Waals surface area contributed by atoms with Crippen molar-refractivity contribution in [2.75, 3.05) is 13.1 Å². The van der Waals surface area contributed by atoms with Gasteiger partial charge >= 0.3 is 5.97 Å². The van der Waals surface area contributed by atoms with Crippen molar-refractivity contribution >= 4 is 17.6 Å². The van der Waals surface area contributed by atoms with E-state index in [1.807, 2.05) is 4.68 Å². The van der Waals surface area contributed by atoms with Crippen molar-refractivity contribution in [3.63, 3.8) is 0 Å². The van der Waals surface area contributed by atoms with E-state index in [0.717, 1.165) is 61.9 Å². The van der Waals surface area contributed by atoms with Crippen LogP contribution in [0.15, 0.2) is 0 Å². The third kappa shape index (κ3) is 3.98. The minimum absolute atomic E-state index is 0.249. The highest BCUT2D eigenvalue weighted by molar-refractivity contribution is 6.31. The molecule has 21 heavy (non-hydrogen) atoms. The number of hydrogen-bond donors (Lipinski definition) is 1. The summed E-state index contributed by atoms with van der Waals surface area (Å²) in [6, 6.07) is 0. The number of rotatable bonds is 6. The van der Waals surface area contributed by atoms with Gasteiger partial charge in [0, 0.05) is 26.1 Å². The van der Waals surface area contributed by atoms with E-state index in [9.17, 15) is 4.79 Å². The maximum Gasteiger partial charge on any atom is 0.303 e. The van der Waals surface area contributed by atoms with Crippen LogP contribution in [-0.2, 0) is 24.3 Å². The van der Waals surface area contributed by atoms with E-state index in [1.54, 1.807) is 0 Å². The van der Waals surface area contributed by atoms with Gasteiger partial charge in [0.05, 0.1) is 16.4 Å². The van der Waals surface area contributed by atoms with Gasteiger partial charge in [-0.1, -0.05) is 18.5 Å². The number of aryl methyl sites for hydroxylation is 2. The van der Waals surface area contributed by atoms with Gasteiger partial charge in [-0.15, -0.1) is 0 Å². The number of carbonyl (C=O) groups is 1. The van der Waals surface area contributed by atoms with Crippen LogP contribution in [0.3, 0.4) is 0 Å². The first-order chi connectivity index (χ1) is 10.0. The monoisotopic (exact) mass is 313 g/mol. The smallest absolute Gasteiger partial charge is 0.303 e. The van der Waals surface area contributed by atoms with E-state index in [1.165, 1.54) is 0 Å². The van der Waals surface area contributed by atoms with Crippen LogP contribution in [0.2, 0.25) is 5.02 Å². The van der Waals surface area contributed by atoms with E-state index in [4.69, 9.17) is 16.7 Å². The number of carboxylic acid groups (broad SMARTS) is 1. The largest absolute Gasteiger partial charge is 0.481 e. The predicted molar refractivity (Wildman–Crippen MR) is 82.5 cm³/mol. The molecule has 1 aromatic rings. The van der Waals surface area contributed by atoms with E-state index in [0.29, 0.717) is 0 Å². The highest BCUT2D eigenvalue weighted by Gasteiger charge is 2.24. The molecule has 118 valence electrons. The van der Waals surface area contributed by atoms with Crippen molar-refractivity contribution < 1.29 is 9.90 Å². The molecule has 0 aliphatic carbocycles. The molecule has 1 atom stereocenters. The molecule has 6 heteroatoms. The molecule has 0 saturated carbocycles. The standard InChI is InChI=1S/C15H24ClN3O2/c1-3-12-15(16)13(19(4-2)17-12)10-18-7-5-6-11(9-18)8-14(20)21/h11H,3-10H2,1-2H3,(H,20,21). The number of aliphatic carboxylic acids is 1. The zero-order valence-electron chi connectivity index (χ0n) is 12.8. The van der Waals surface area contributed by atoms with Crippen LogP contribution in [0.25, 0.3) is 0 Å². The molecule has 0 spiro atoms. The second kappa shape index (κ2) is 7.27. The second-order valence-corrected chi connectivity index (χ2v) is 6.10.